The number of phenolic OH excluding ortho intramolecular Hbond substituents is 3. The van der Waals surface area contributed by atoms with Crippen LogP contribution >= 0.6 is 0 Å². The first kappa shape index (κ1) is 32.3. The van der Waals surface area contributed by atoms with Gasteiger partial charge in [-0.05, 0) is 36.4 Å². The number of aromatic hydroxyl groups is 3. The van der Waals surface area contributed by atoms with E-state index in [0.29, 0.717) is 0 Å². The molecule has 2 aromatic heterocycles. The van der Waals surface area contributed by atoms with Gasteiger partial charge < -0.3 is 30.3 Å². The van der Waals surface area contributed by atoms with Gasteiger partial charge in [0, 0.05) is 35.7 Å². The highest BCUT2D eigenvalue weighted by molar-refractivity contribution is 5.94. The van der Waals surface area contributed by atoms with E-state index in [1.165, 1.54) is 37.7 Å². The lowest BCUT2D eigenvalue weighted by Gasteiger charge is -2.08. The number of allylic oxidation sites excluding steroid dienone is 2. The molecule has 0 aliphatic heterocycles. The maximum absolute atomic E-state index is 11.0. The van der Waals surface area contributed by atoms with Crippen LogP contribution < -0.4 is 4.74 Å². The molecule has 16 heteroatoms. The lowest BCUT2D eigenvalue weighted by atomic mass is 10.0. The van der Waals surface area contributed by atoms with Crippen molar-refractivity contribution in [3.8, 4) is 35.1 Å². The Labute approximate surface area is 252 Å². The van der Waals surface area contributed by atoms with E-state index in [9.17, 15) is 51.0 Å². The fraction of sp³-hybridized carbons (Fsp3) is 0.0345. The second-order valence-electron chi connectivity index (χ2n) is 8.52. The summed E-state index contributed by atoms with van der Waals surface area (Å²) in [5, 5.41) is 89.4. The van der Waals surface area contributed by atoms with Crippen molar-refractivity contribution < 1.29 is 40.1 Å². The fourth-order valence-electron chi connectivity index (χ4n) is 3.68. The average Bonchev–Trinajstić information content (AvgIpc) is 3.04. The Morgan fingerprint density at radius 3 is 1.58 bits per heavy atom. The number of methoxy groups -OCH3 is 1. The third kappa shape index (κ3) is 7.18. The maximum Gasteiger partial charge on any atom is 0.315 e. The molecule has 0 aliphatic carbocycles. The first-order valence-corrected chi connectivity index (χ1v) is 12.2. The monoisotopic (exact) mass is 612 g/mol. The number of hydrogen-bond donors (Lipinski definition) is 5. The highest BCUT2D eigenvalue weighted by Crippen LogP contribution is 2.40. The number of hydrogen-bond acceptors (Lipinski definition) is 14. The Morgan fingerprint density at radius 1 is 0.756 bits per heavy atom. The molecule has 226 valence electrons. The molecule has 16 nitrogen and oxygen atoms in total. The number of benzene rings is 2. The highest BCUT2D eigenvalue weighted by Gasteiger charge is 2.24. The zero-order valence-corrected chi connectivity index (χ0v) is 22.9. The minimum atomic E-state index is -0.919. The Balaban J connectivity index is 0.000000246. The van der Waals surface area contributed by atoms with Gasteiger partial charge in [-0.2, -0.15) is 10.5 Å². The van der Waals surface area contributed by atoms with Gasteiger partial charge >= 0.3 is 11.4 Å². The van der Waals surface area contributed by atoms with Crippen LogP contribution in [0.2, 0.25) is 0 Å². The van der Waals surface area contributed by atoms with E-state index in [-0.39, 0.29) is 39.4 Å². The Hall–Kier alpha value is -7.20. The predicted octanol–water partition coefficient (Wildman–Crippen LogP) is 5.00. The lowest BCUT2D eigenvalue weighted by Crippen LogP contribution is -1.97. The molecule has 45 heavy (non-hydrogen) atoms. The number of aliphatic hydroxyl groups is 2. The van der Waals surface area contributed by atoms with Crippen LogP contribution in [0.4, 0.5) is 11.4 Å². The molecule has 0 atom stereocenters. The molecule has 0 unspecified atom stereocenters. The van der Waals surface area contributed by atoms with E-state index >= 15 is 0 Å². The van der Waals surface area contributed by atoms with Crippen LogP contribution in [0.5, 0.6) is 23.0 Å². The number of nitro groups is 2. The molecule has 0 amide bonds. The molecule has 0 radical (unpaired) electrons. The van der Waals surface area contributed by atoms with Gasteiger partial charge in [-0.15, -0.1) is 0 Å². The molecule has 4 aromatic rings. The minimum absolute atomic E-state index is 0.0476. The third-order valence-corrected chi connectivity index (χ3v) is 5.82. The molecule has 0 saturated heterocycles. The van der Waals surface area contributed by atoms with Gasteiger partial charge in [0.1, 0.15) is 34.8 Å². The number of aromatic nitrogens is 2. The Bertz CT molecular complexity index is 1910. The summed E-state index contributed by atoms with van der Waals surface area (Å²) < 4.78 is 4.86. The summed E-state index contributed by atoms with van der Waals surface area (Å²) in [6.45, 7) is 0. The summed E-state index contributed by atoms with van der Waals surface area (Å²) >= 11 is 0. The molecular formula is C29H20N6O10. The molecule has 2 heterocycles. The Kier molecular flexibility index (Phi) is 10.1. The highest BCUT2D eigenvalue weighted by atomic mass is 16.6. The molecule has 0 fully saturated rings. The number of ether oxygens (including phenoxy) is 1. The molecule has 0 spiro atoms. The number of pyridine rings is 2. The van der Waals surface area contributed by atoms with Crippen LogP contribution in [0, 0.1) is 42.9 Å². The molecule has 0 saturated carbocycles. The molecule has 4 rings (SSSR count). The van der Waals surface area contributed by atoms with E-state index < -0.39 is 50.0 Å². The van der Waals surface area contributed by atoms with Gasteiger partial charge in [0.15, 0.2) is 11.5 Å². The summed E-state index contributed by atoms with van der Waals surface area (Å²) in [6.07, 6.45) is 2.86. The number of nitriles is 2. The van der Waals surface area contributed by atoms with Crippen LogP contribution in [0.3, 0.4) is 0 Å². The maximum atomic E-state index is 11.0. The van der Waals surface area contributed by atoms with E-state index in [2.05, 4.69) is 9.97 Å². The van der Waals surface area contributed by atoms with Crippen molar-refractivity contribution in [3.05, 3.63) is 116 Å². The third-order valence-electron chi connectivity index (χ3n) is 5.82. The fourth-order valence-corrected chi connectivity index (χ4v) is 3.68. The second-order valence-corrected chi connectivity index (χ2v) is 8.52. The second kappa shape index (κ2) is 14.1. The topological polar surface area (TPSA) is 270 Å². The normalized spacial score (nSPS) is 11.4. The number of phenols is 3. The summed E-state index contributed by atoms with van der Waals surface area (Å²) in [5.74, 6) is -3.66. The van der Waals surface area contributed by atoms with Crippen molar-refractivity contribution in [2.45, 2.75) is 0 Å². The predicted molar refractivity (Wildman–Crippen MR) is 156 cm³/mol. The minimum Gasteiger partial charge on any atom is -0.506 e. The van der Waals surface area contributed by atoms with E-state index in [0.717, 1.165) is 18.2 Å². The van der Waals surface area contributed by atoms with Crippen LogP contribution in [0.1, 0.15) is 22.5 Å². The molecule has 2 aromatic carbocycles. The summed E-state index contributed by atoms with van der Waals surface area (Å²) in [7, 11) is 1.22. The standard InChI is InChI=1S/C15H11N3O5.C14H9N3O5/c1-23-13-7-9(6-12(15(13)20)18(21)22)14(19)10(8-16)11-4-2-3-5-17-11;15-7-9(10-3-1-2-4-16-10)13(19)8-5-11(17(21)22)14(20)12(18)6-8/h2-7,19-20H,1H3;1-6,18-20H/b14-10-;13-9-. The molecule has 5 N–H and O–H groups in total. The van der Waals surface area contributed by atoms with Crippen LogP contribution in [-0.2, 0) is 0 Å². The number of rotatable bonds is 7. The SMILES string of the molecule is COc1cc(/C(O)=C(\C#N)c2ccccn2)cc([N+](=O)[O-])c1O.N#C/C(=C(/O)c1cc(O)c(O)c([N+](=O)[O-])c1)c1ccccn1. The Morgan fingerprint density at radius 2 is 1.20 bits per heavy atom. The smallest absolute Gasteiger partial charge is 0.315 e. The summed E-state index contributed by atoms with van der Waals surface area (Å²) in [4.78, 5) is 27.9. The molecule has 0 aliphatic rings. The van der Waals surface area contributed by atoms with Gasteiger partial charge in [0.05, 0.1) is 28.3 Å². The van der Waals surface area contributed by atoms with Crippen molar-refractivity contribution in [1.82, 2.24) is 9.97 Å². The number of nitro benzene ring substituents is 2. The van der Waals surface area contributed by atoms with Gasteiger partial charge in [0.2, 0.25) is 11.5 Å². The van der Waals surface area contributed by atoms with Crippen LogP contribution in [-0.4, -0.2) is 52.5 Å². The van der Waals surface area contributed by atoms with Gasteiger partial charge in [0.25, 0.3) is 0 Å². The van der Waals surface area contributed by atoms with E-state index in [4.69, 9.17) is 10.00 Å². The van der Waals surface area contributed by atoms with Crippen molar-refractivity contribution in [2.75, 3.05) is 7.11 Å². The average molecular weight is 613 g/mol. The lowest BCUT2D eigenvalue weighted by molar-refractivity contribution is -0.386. The molecular weight excluding hydrogens is 592 g/mol. The molecule has 0 bridgehead atoms. The van der Waals surface area contributed by atoms with Crippen LogP contribution in [0.15, 0.2) is 73.1 Å². The van der Waals surface area contributed by atoms with Crippen molar-refractivity contribution in [3.63, 3.8) is 0 Å². The zero-order valence-electron chi connectivity index (χ0n) is 22.9. The van der Waals surface area contributed by atoms with E-state index in [1.54, 1.807) is 30.3 Å². The van der Waals surface area contributed by atoms with Gasteiger partial charge in [-0.25, -0.2) is 0 Å². The number of nitrogens with zero attached hydrogens (tertiary/aromatic N) is 6. The van der Waals surface area contributed by atoms with E-state index in [1.807, 2.05) is 6.07 Å². The first-order valence-electron chi connectivity index (χ1n) is 12.2. The van der Waals surface area contributed by atoms with Crippen LogP contribution in [0.25, 0.3) is 22.7 Å². The van der Waals surface area contributed by atoms with Gasteiger partial charge in [-0.3, -0.25) is 30.2 Å². The van der Waals surface area contributed by atoms with Crippen molar-refractivity contribution >= 4 is 34.0 Å². The first-order chi connectivity index (χ1) is 21.4. The summed E-state index contributed by atoms with van der Waals surface area (Å²) in [6, 6.07) is 17.0. The summed E-state index contributed by atoms with van der Waals surface area (Å²) in [5.41, 5.74) is -1.69. The zero-order chi connectivity index (χ0) is 33.3. The number of aliphatic hydroxyl groups excluding tert-OH is 2. The van der Waals surface area contributed by atoms with Crippen molar-refractivity contribution in [2.24, 2.45) is 0 Å². The quantitative estimate of drug-likeness (QED) is 0.0604. The van der Waals surface area contributed by atoms with Crippen molar-refractivity contribution in [1.29, 1.82) is 10.5 Å². The largest absolute Gasteiger partial charge is 0.506 e. The van der Waals surface area contributed by atoms with Gasteiger partial charge in [-0.1, -0.05) is 12.1 Å².